The highest BCUT2D eigenvalue weighted by atomic mass is 35.5. The number of benzene rings is 3. The molecule has 26 heavy (non-hydrogen) atoms. The minimum absolute atomic E-state index is 0.00710. The van der Waals surface area contributed by atoms with E-state index in [1.807, 2.05) is 60.7 Å². The van der Waals surface area contributed by atoms with Crippen molar-refractivity contribution in [2.24, 2.45) is 0 Å². The third-order valence-electron chi connectivity index (χ3n) is 4.00. The Labute approximate surface area is 156 Å². The fourth-order valence-electron chi connectivity index (χ4n) is 2.77. The molecule has 0 heterocycles. The van der Waals surface area contributed by atoms with Gasteiger partial charge in [0, 0.05) is 5.69 Å². The molecule has 0 aliphatic carbocycles. The summed E-state index contributed by atoms with van der Waals surface area (Å²) in [5, 5.41) is 12.0. The van der Waals surface area contributed by atoms with Gasteiger partial charge in [0.25, 0.3) is 0 Å². The van der Waals surface area contributed by atoms with Crippen LogP contribution in [0.1, 0.15) is 27.4 Å². The van der Waals surface area contributed by atoms with Crippen LogP contribution in [-0.4, -0.2) is 17.0 Å². The Morgan fingerprint density at radius 3 is 1.85 bits per heavy atom. The number of carboxylic acid groups (broad SMARTS) is 1. The van der Waals surface area contributed by atoms with E-state index >= 15 is 0 Å². The number of carbonyl (C=O) groups excluding carboxylic acids is 1. The average molecular weight is 366 g/mol. The van der Waals surface area contributed by atoms with Gasteiger partial charge in [0.15, 0.2) is 0 Å². The van der Waals surface area contributed by atoms with Gasteiger partial charge in [0.1, 0.15) is 0 Å². The Bertz CT molecular complexity index is 887. The highest BCUT2D eigenvalue weighted by molar-refractivity contribution is 6.33. The molecule has 0 radical (unpaired) electrons. The first kappa shape index (κ1) is 17.7. The summed E-state index contributed by atoms with van der Waals surface area (Å²) in [7, 11) is 0. The second-order valence-electron chi connectivity index (χ2n) is 5.74. The minimum atomic E-state index is -1.11. The molecule has 4 nitrogen and oxygen atoms in total. The van der Waals surface area contributed by atoms with E-state index in [0.29, 0.717) is 5.69 Å². The molecule has 0 aliphatic heterocycles. The molecule has 0 fully saturated rings. The molecular weight excluding hydrogens is 350 g/mol. The Balaban J connectivity index is 1.92. The van der Waals surface area contributed by atoms with Crippen molar-refractivity contribution < 1.29 is 14.7 Å². The Hall–Kier alpha value is -3.11. The van der Waals surface area contributed by atoms with Crippen LogP contribution < -0.4 is 5.32 Å². The lowest BCUT2D eigenvalue weighted by Crippen LogP contribution is -2.22. The Kier molecular flexibility index (Phi) is 5.34. The van der Waals surface area contributed by atoms with Crippen LogP contribution in [0.3, 0.4) is 0 Å². The third-order valence-corrected chi connectivity index (χ3v) is 4.31. The SMILES string of the molecule is O=C(O)c1ccc(NC(=O)C(c2ccccc2)c2ccccc2)cc1Cl. The van der Waals surface area contributed by atoms with Crippen LogP contribution in [0.2, 0.25) is 5.02 Å². The van der Waals surface area contributed by atoms with Gasteiger partial charge in [-0.25, -0.2) is 4.79 Å². The monoisotopic (exact) mass is 365 g/mol. The number of nitrogens with one attached hydrogen (secondary N) is 1. The number of hydrogen-bond acceptors (Lipinski definition) is 2. The van der Waals surface area contributed by atoms with Crippen LogP contribution in [0, 0.1) is 0 Å². The van der Waals surface area contributed by atoms with Crippen molar-refractivity contribution in [3.8, 4) is 0 Å². The van der Waals surface area contributed by atoms with E-state index in [1.165, 1.54) is 18.2 Å². The van der Waals surface area contributed by atoms with Crippen molar-refractivity contribution in [3.63, 3.8) is 0 Å². The Morgan fingerprint density at radius 2 is 1.38 bits per heavy atom. The maximum Gasteiger partial charge on any atom is 0.337 e. The summed E-state index contributed by atoms with van der Waals surface area (Å²) in [4.78, 5) is 24.0. The van der Waals surface area contributed by atoms with Crippen LogP contribution in [0.5, 0.6) is 0 Å². The van der Waals surface area contributed by atoms with Gasteiger partial charge >= 0.3 is 5.97 Å². The molecule has 0 unspecified atom stereocenters. The van der Waals surface area contributed by atoms with Crippen molar-refractivity contribution >= 4 is 29.2 Å². The zero-order chi connectivity index (χ0) is 18.5. The molecule has 0 saturated carbocycles. The number of aromatic carboxylic acids is 1. The topological polar surface area (TPSA) is 66.4 Å². The summed E-state index contributed by atoms with van der Waals surface area (Å²) < 4.78 is 0. The smallest absolute Gasteiger partial charge is 0.337 e. The molecule has 0 atom stereocenters. The fraction of sp³-hybridized carbons (Fsp3) is 0.0476. The molecule has 1 amide bonds. The minimum Gasteiger partial charge on any atom is -0.478 e. The third kappa shape index (κ3) is 3.92. The van der Waals surface area contributed by atoms with Gasteiger partial charge in [-0.2, -0.15) is 0 Å². The molecular formula is C21H16ClNO3. The second-order valence-corrected chi connectivity index (χ2v) is 6.15. The number of hydrogen-bond donors (Lipinski definition) is 2. The molecule has 2 N–H and O–H groups in total. The van der Waals surface area contributed by atoms with E-state index in [9.17, 15) is 9.59 Å². The zero-order valence-corrected chi connectivity index (χ0v) is 14.5. The second kappa shape index (κ2) is 7.85. The molecule has 0 saturated heterocycles. The van der Waals surface area contributed by atoms with E-state index in [1.54, 1.807) is 0 Å². The summed E-state index contributed by atoms with van der Waals surface area (Å²) in [5.41, 5.74) is 2.17. The maximum absolute atomic E-state index is 13.0. The molecule has 3 aromatic rings. The van der Waals surface area contributed by atoms with Gasteiger partial charge in [-0.3, -0.25) is 4.79 Å². The van der Waals surface area contributed by atoms with Gasteiger partial charge in [0.05, 0.1) is 16.5 Å². The first-order valence-corrected chi connectivity index (χ1v) is 8.37. The summed E-state index contributed by atoms with van der Waals surface area (Å²) in [5.74, 6) is -1.82. The van der Waals surface area contributed by atoms with Crippen LogP contribution in [0.4, 0.5) is 5.69 Å². The van der Waals surface area contributed by atoms with Gasteiger partial charge in [-0.15, -0.1) is 0 Å². The Morgan fingerprint density at radius 1 is 0.846 bits per heavy atom. The molecule has 5 heteroatoms. The van der Waals surface area contributed by atoms with Crippen LogP contribution in [0.25, 0.3) is 0 Å². The molecule has 0 spiro atoms. The number of amides is 1. The highest BCUT2D eigenvalue weighted by Crippen LogP contribution is 2.27. The van der Waals surface area contributed by atoms with Gasteiger partial charge in [-0.1, -0.05) is 72.3 Å². The first-order valence-electron chi connectivity index (χ1n) is 8.00. The summed E-state index contributed by atoms with van der Waals surface area (Å²) in [6.45, 7) is 0. The molecule has 0 bridgehead atoms. The lowest BCUT2D eigenvalue weighted by Gasteiger charge is -2.18. The molecule has 3 rings (SSSR count). The predicted molar refractivity (Wildman–Crippen MR) is 102 cm³/mol. The number of rotatable bonds is 5. The van der Waals surface area contributed by atoms with Gasteiger partial charge in [-0.05, 0) is 29.3 Å². The standard InChI is InChI=1S/C21H16ClNO3/c22-18-13-16(11-12-17(18)21(25)26)23-20(24)19(14-7-3-1-4-8-14)15-9-5-2-6-10-15/h1-13,19H,(H,23,24)(H,25,26). The lowest BCUT2D eigenvalue weighted by atomic mass is 9.90. The molecule has 3 aromatic carbocycles. The first-order chi connectivity index (χ1) is 12.6. The van der Waals surface area contributed by atoms with Crippen LogP contribution >= 0.6 is 11.6 Å². The zero-order valence-electron chi connectivity index (χ0n) is 13.7. The lowest BCUT2D eigenvalue weighted by molar-refractivity contribution is -0.116. The van der Waals surface area contributed by atoms with Crippen molar-refractivity contribution in [2.75, 3.05) is 5.32 Å². The average Bonchev–Trinajstić information content (AvgIpc) is 2.63. The summed E-state index contributed by atoms with van der Waals surface area (Å²) in [6.07, 6.45) is 0. The molecule has 0 aromatic heterocycles. The quantitative estimate of drug-likeness (QED) is 0.682. The summed E-state index contributed by atoms with van der Waals surface area (Å²) >= 11 is 5.99. The van der Waals surface area contributed by atoms with Crippen molar-refractivity contribution in [1.82, 2.24) is 0 Å². The van der Waals surface area contributed by atoms with Gasteiger partial charge in [0.2, 0.25) is 5.91 Å². The summed E-state index contributed by atoms with van der Waals surface area (Å²) in [6, 6.07) is 23.3. The van der Waals surface area contributed by atoms with E-state index in [-0.39, 0.29) is 16.5 Å². The largest absolute Gasteiger partial charge is 0.478 e. The number of anilines is 1. The van der Waals surface area contributed by atoms with Crippen LogP contribution in [0.15, 0.2) is 78.9 Å². The van der Waals surface area contributed by atoms with E-state index in [2.05, 4.69) is 5.32 Å². The van der Waals surface area contributed by atoms with E-state index in [0.717, 1.165) is 11.1 Å². The molecule has 130 valence electrons. The van der Waals surface area contributed by atoms with Crippen molar-refractivity contribution in [2.45, 2.75) is 5.92 Å². The maximum atomic E-state index is 13.0. The molecule has 0 aliphatic rings. The van der Waals surface area contributed by atoms with E-state index in [4.69, 9.17) is 16.7 Å². The van der Waals surface area contributed by atoms with Gasteiger partial charge < -0.3 is 10.4 Å². The highest BCUT2D eigenvalue weighted by Gasteiger charge is 2.23. The van der Waals surface area contributed by atoms with Crippen LogP contribution in [-0.2, 0) is 4.79 Å². The number of halogens is 1. The fourth-order valence-corrected chi connectivity index (χ4v) is 3.03. The number of carbonyl (C=O) groups is 2. The normalized spacial score (nSPS) is 10.5. The van der Waals surface area contributed by atoms with E-state index < -0.39 is 11.9 Å². The number of carboxylic acids is 1. The van der Waals surface area contributed by atoms with Crippen molar-refractivity contribution in [3.05, 3.63) is 101 Å². The predicted octanol–water partition coefficient (Wildman–Crippen LogP) is 4.81. The van der Waals surface area contributed by atoms with Crippen molar-refractivity contribution in [1.29, 1.82) is 0 Å².